The molecule has 0 aliphatic heterocycles. The molecule has 44 heavy (non-hydrogen) atoms. The number of carbonyl (C=O) groups excluding carboxylic acids is 2. The summed E-state index contributed by atoms with van der Waals surface area (Å²) in [7, 11) is 0. The molecular formula is C38H48O6. The van der Waals surface area contributed by atoms with Crippen LogP contribution in [0.3, 0.4) is 0 Å². The number of carbonyl (C=O) groups is 2. The molecule has 1 aromatic carbocycles. The minimum Gasteiger partial charge on any atom is -0.504 e. The Bertz CT molecular complexity index is 1670. The van der Waals surface area contributed by atoms with E-state index >= 15 is 4.79 Å². The van der Waals surface area contributed by atoms with Crippen LogP contribution >= 0.6 is 0 Å². The summed E-state index contributed by atoms with van der Waals surface area (Å²) in [5.74, 6) is -1.79. The molecular weight excluding hydrogens is 552 g/mol. The molecule has 0 amide bonds. The Morgan fingerprint density at radius 2 is 1.61 bits per heavy atom. The van der Waals surface area contributed by atoms with Gasteiger partial charge < -0.3 is 14.6 Å². The zero-order chi connectivity index (χ0) is 32.9. The van der Waals surface area contributed by atoms with Gasteiger partial charge >= 0.3 is 0 Å². The Labute approximate surface area is 261 Å². The van der Waals surface area contributed by atoms with Gasteiger partial charge in [0.1, 0.15) is 16.9 Å². The maximum Gasteiger partial charge on any atom is 0.204 e. The highest BCUT2D eigenvalue weighted by molar-refractivity contribution is 6.23. The first-order valence-electron chi connectivity index (χ1n) is 15.6. The van der Waals surface area contributed by atoms with Crippen LogP contribution in [-0.4, -0.2) is 21.8 Å². The zero-order valence-corrected chi connectivity index (χ0v) is 27.6. The van der Waals surface area contributed by atoms with Crippen LogP contribution in [0.2, 0.25) is 0 Å². The Balaban J connectivity index is 2.16. The largest absolute Gasteiger partial charge is 0.504 e. The van der Waals surface area contributed by atoms with Gasteiger partial charge in [0.15, 0.2) is 23.1 Å². The van der Waals surface area contributed by atoms with Crippen LogP contribution in [0.25, 0.3) is 11.0 Å². The van der Waals surface area contributed by atoms with Gasteiger partial charge in [0.2, 0.25) is 5.43 Å². The van der Waals surface area contributed by atoms with Crippen LogP contribution in [0.5, 0.6) is 11.5 Å². The standard InChI is InChI=1S/C38H48O6/c1-21(2)11-13-25(24(7)8)19-37-20-26(14-12-22(3)4)36(9,10)38(35(37)43,16-15-23(5)6)34-31(33(37)42)32(41)27-17-28(39)29(40)18-30(27)44-34/h12,15,17-18,25-26,39-40H,1,7,11,13-14,16,19-20H2,2-6,8-10H3/t25-,26-,37-,38+/m0/s1. The van der Waals surface area contributed by atoms with E-state index in [1.54, 1.807) is 0 Å². The van der Waals surface area contributed by atoms with Crippen molar-refractivity contribution in [1.29, 1.82) is 0 Å². The van der Waals surface area contributed by atoms with Gasteiger partial charge in [0, 0.05) is 6.07 Å². The third-order valence-corrected chi connectivity index (χ3v) is 10.4. The lowest BCUT2D eigenvalue weighted by Gasteiger charge is -2.60. The van der Waals surface area contributed by atoms with E-state index in [2.05, 4.69) is 33.1 Å². The van der Waals surface area contributed by atoms with Crippen molar-refractivity contribution in [3.63, 3.8) is 0 Å². The van der Waals surface area contributed by atoms with Gasteiger partial charge in [-0.2, -0.15) is 0 Å². The summed E-state index contributed by atoms with van der Waals surface area (Å²) in [6.45, 7) is 24.4. The van der Waals surface area contributed by atoms with Crippen LogP contribution in [0.1, 0.15) is 110 Å². The van der Waals surface area contributed by atoms with Gasteiger partial charge in [-0.3, -0.25) is 14.4 Å². The van der Waals surface area contributed by atoms with E-state index in [9.17, 15) is 19.8 Å². The molecule has 2 aliphatic rings. The molecule has 4 atom stereocenters. The summed E-state index contributed by atoms with van der Waals surface area (Å²) < 4.78 is 6.46. The lowest BCUT2D eigenvalue weighted by molar-refractivity contribution is -0.152. The van der Waals surface area contributed by atoms with E-state index in [-0.39, 0.29) is 52.8 Å². The SMILES string of the molecule is C=C(C)CC[C@@H](C[C@@]12C[C@H](CC=C(C)C)C(C)(C)[C@@](CC=C(C)C)(C1=O)c1oc3cc(O)c(O)cc3c(=O)c1C2=O)C(=C)C. The molecule has 1 saturated carbocycles. The second-order valence-electron chi connectivity index (χ2n) is 14.5. The third-order valence-electron chi connectivity index (χ3n) is 10.4. The lowest BCUT2D eigenvalue weighted by atomic mass is 9.39. The van der Waals surface area contributed by atoms with Crippen LogP contribution in [0, 0.1) is 22.7 Å². The van der Waals surface area contributed by atoms with Crippen molar-refractivity contribution >= 4 is 22.5 Å². The molecule has 4 rings (SSSR count). The molecule has 2 N–H and O–H groups in total. The van der Waals surface area contributed by atoms with Gasteiger partial charge in [-0.1, -0.05) is 54.9 Å². The average Bonchev–Trinajstić information content (AvgIpc) is 2.91. The molecule has 0 radical (unpaired) electrons. The number of aromatic hydroxyl groups is 2. The van der Waals surface area contributed by atoms with Gasteiger partial charge in [-0.05, 0) is 103 Å². The van der Waals surface area contributed by atoms with Crippen LogP contribution in [0.15, 0.2) is 68.9 Å². The fraction of sp³-hybridized carbons (Fsp3) is 0.500. The highest BCUT2D eigenvalue weighted by Crippen LogP contribution is 2.66. The summed E-state index contributed by atoms with van der Waals surface area (Å²) in [4.78, 5) is 44.7. The van der Waals surface area contributed by atoms with E-state index in [1.807, 2.05) is 47.6 Å². The number of hydrogen-bond acceptors (Lipinski definition) is 6. The van der Waals surface area contributed by atoms with Crippen LogP contribution in [-0.2, 0) is 10.2 Å². The molecule has 2 aliphatic carbocycles. The quantitative estimate of drug-likeness (QED) is 0.160. The second-order valence-corrected chi connectivity index (χ2v) is 14.5. The molecule has 0 saturated heterocycles. The number of hydrogen-bond donors (Lipinski definition) is 2. The first-order chi connectivity index (χ1) is 20.4. The van der Waals surface area contributed by atoms with Gasteiger partial charge in [0.25, 0.3) is 0 Å². The van der Waals surface area contributed by atoms with Crippen LogP contribution in [0.4, 0.5) is 0 Å². The van der Waals surface area contributed by atoms with E-state index < -0.39 is 39.0 Å². The van der Waals surface area contributed by atoms with Crippen LogP contribution < -0.4 is 5.43 Å². The van der Waals surface area contributed by atoms with Crippen molar-refractivity contribution in [1.82, 2.24) is 0 Å². The minimum atomic E-state index is -1.46. The fourth-order valence-corrected chi connectivity index (χ4v) is 7.57. The molecule has 1 heterocycles. The number of ketones is 2. The van der Waals surface area contributed by atoms with Crippen molar-refractivity contribution in [3.8, 4) is 11.5 Å². The predicted molar refractivity (Wildman–Crippen MR) is 176 cm³/mol. The summed E-state index contributed by atoms with van der Waals surface area (Å²) in [6.07, 6.45) is 7.09. The summed E-state index contributed by atoms with van der Waals surface area (Å²) in [6, 6.07) is 2.32. The van der Waals surface area contributed by atoms with Gasteiger partial charge in [0.05, 0.1) is 16.2 Å². The van der Waals surface area contributed by atoms with Crippen molar-refractivity contribution in [3.05, 3.63) is 81.3 Å². The van der Waals surface area contributed by atoms with Gasteiger partial charge in [-0.15, -0.1) is 6.58 Å². The van der Waals surface area contributed by atoms with Crippen molar-refractivity contribution in [2.75, 3.05) is 0 Å². The molecule has 2 aromatic rings. The lowest BCUT2D eigenvalue weighted by Crippen LogP contribution is -2.68. The second kappa shape index (κ2) is 11.7. The highest BCUT2D eigenvalue weighted by Gasteiger charge is 2.72. The zero-order valence-electron chi connectivity index (χ0n) is 27.6. The van der Waals surface area contributed by atoms with Crippen molar-refractivity contribution in [2.24, 2.45) is 22.7 Å². The normalized spacial score (nSPS) is 24.4. The monoisotopic (exact) mass is 600 g/mol. The van der Waals surface area contributed by atoms with Gasteiger partial charge in [-0.25, -0.2) is 0 Å². The highest BCUT2D eigenvalue weighted by atomic mass is 16.3. The van der Waals surface area contributed by atoms with Crippen molar-refractivity contribution < 1.29 is 24.2 Å². The molecule has 2 bridgehead atoms. The number of rotatable bonds is 10. The summed E-state index contributed by atoms with van der Waals surface area (Å²) in [5.41, 5.74) is -0.137. The Kier molecular flexibility index (Phi) is 8.82. The Hall–Kier alpha value is -3.67. The Morgan fingerprint density at radius 1 is 1.00 bits per heavy atom. The van der Waals surface area contributed by atoms with Crippen molar-refractivity contribution in [2.45, 2.75) is 99.3 Å². The minimum absolute atomic E-state index is 0.00929. The molecule has 1 fully saturated rings. The topological polar surface area (TPSA) is 105 Å². The predicted octanol–water partition coefficient (Wildman–Crippen LogP) is 8.89. The molecule has 236 valence electrons. The first kappa shape index (κ1) is 33.2. The summed E-state index contributed by atoms with van der Waals surface area (Å²) in [5, 5.41) is 20.6. The molecule has 0 spiro atoms. The molecule has 1 aromatic heterocycles. The summed E-state index contributed by atoms with van der Waals surface area (Å²) >= 11 is 0. The maximum atomic E-state index is 15.4. The number of allylic oxidation sites excluding steroid dienone is 6. The Morgan fingerprint density at radius 3 is 2.18 bits per heavy atom. The number of benzene rings is 1. The molecule has 0 unspecified atom stereocenters. The first-order valence-corrected chi connectivity index (χ1v) is 15.6. The third kappa shape index (κ3) is 5.20. The number of phenols is 2. The average molecular weight is 601 g/mol. The smallest absolute Gasteiger partial charge is 0.204 e. The number of phenolic OH excluding ortho intramolecular Hbond substituents is 2. The van der Waals surface area contributed by atoms with E-state index in [1.165, 1.54) is 6.07 Å². The van der Waals surface area contributed by atoms with E-state index in [0.29, 0.717) is 19.3 Å². The molecule has 6 heteroatoms. The molecule has 6 nitrogen and oxygen atoms in total. The fourth-order valence-electron chi connectivity index (χ4n) is 7.57. The van der Waals surface area contributed by atoms with E-state index in [4.69, 9.17) is 4.42 Å². The van der Waals surface area contributed by atoms with E-state index in [0.717, 1.165) is 34.8 Å². The number of Topliss-reactive ketones (excluding diaryl/α,β-unsaturated/α-hetero) is 2. The number of fused-ring (bicyclic) bond motifs is 5. The maximum absolute atomic E-state index is 15.4.